The zero-order valence-corrected chi connectivity index (χ0v) is 51.3. The van der Waals surface area contributed by atoms with Crippen molar-refractivity contribution in [2.45, 2.75) is 0 Å². The fourth-order valence-corrected chi connectivity index (χ4v) is 15.4. The van der Waals surface area contributed by atoms with Crippen LogP contribution in [0.4, 0.5) is 4.39 Å². The number of H-pyrrole nitrogens is 1. The molecule has 8 nitrogen and oxygen atoms in total. The highest BCUT2D eigenvalue weighted by Crippen LogP contribution is 2.52. The SMILES string of the molecule is Clc1nc2ccccc2nc1-c1cccc2oc3ccccc3c12.[2H]CF.c1ccc2c(c1)-c1cccc3ccc4[nH]c5cccc-2c5c4c13.c1ccc2c(c1)-c1cccc3ccc4c(c13)c1c-2cccc1n4-c1nc2ccccc2nc1-c1cccc2oc3ccccc3c12. The first-order valence-corrected chi connectivity index (χ1v) is 31.9. The van der Waals surface area contributed by atoms with Gasteiger partial charge in [-0.05, 0) is 139 Å². The first kappa shape index (κ1) is 53.4. The minimum Gasteiger partial charge on any atom is -0.456 e. The Kier molecular flexibility index (Phi) is 12.0. The smallest absolute Gasteiger partial charge is 0.165 e. The number of aromatic nitrogens is 6. The van der Waals surface area contributed by atoms with E-state index in [-0.39, 0.29) is 0 Å². The summed E-state index contributed by atoms with van der Waals surface area (Å²) in [4.78, 5) is 23.7. The van der Waals surface area contributed by atoms with Crippen molar-refractivity contribution in [3.8, 4) is 72.8 Å². The summed E-state index contributed by atoms with van der Waals surface area (Å²) in [6, 6.07) is 97.3. The number of hydrogen-bond donors (Lipinski definition) is 1. The van der Waals surface area contributed by atoms with E-state index in [9.17, 15) is 4.39 Å². The zero-order chi connectivity index (χ0) is 63.7. The molecule has 10 heteroatoms. The number of nitrogens with one attached hydrogen (secondary N) is 1. The van der Waals surface area contributed by atoms with E-state index in [1.807, 2.05) is 103 Å². The fraction of sp³-hybridized carbons (Fsp3) is 0.0118. The highest BCUT2D eigenvalue weighted by molar-refractivity contribution is 6.34. The number of furan rings is 2. The summed E-state index contributed by atoms with van der Waals surface area (Å²) < 4.78 is 30.1. The van der Waals surface area contributed by atoms with Gasteiger partial charge in [0.1, 0.15) is 33.7 Å². The van der Waals surface area contributed by atoms with Crippen LogP contribution in [0.15, 0.2) is 288 Å². The lowest BCUT2D eigenvalue weighted by Gasteiger charge is -2.16. The second kappa shape index (κ2) is 21.4. The van der Waals surface area contributed by atoms with Gasteiger partial charge in [0.15, 0.2) is 11.0 Å². The second-order valence-corrected chi connectivity index (χ2v) is 24.4. The Morgan fingerprint density at radius 2 is 0.726 bits per heavy atom. The van der Waals surface area contributed by atoms with Crippen molar-refractivity contribution in [1.29, 1.82) is 0 Å². The topological polar surface area (TPSA) is 98.6 Å². The molecule has 2 aliphatic rings. The Labute approximate surface area is 547 Å². The largest absolute Gasteiger partial charge is 0.456 e. The lowest BCUT2D eigenvalue weighted by molar-refractivity contribution is 0.636. The highest BCUT2D eigenvalue weighted by atomic mass is 35.5. The third-order valence-electron chi connectivity index (χ3n) is 19.0. The molecule has 2 aliphatic carbocycles. The van der Waals surface area contributed by atoms with Crippen molar-refractivity contribution < 1.29 is 14.6 Å². The van der Waals surface area contributed by atoms with Crippen LogP contribution in [-0.2, 0) is 0 Å². The van der Waals surface area contributed by atoms with Gasteiger partial charge < -0.3 is 13.8 Å². The van der Waals surface area contributed by atoms with Gasteiger partial charge in [-0.1, -0.05) is 218 Å². The number of rotatable bonds is 3. The van der Waals surface area contributed by atoms with Crippen molar-refractivity contribution in [2.75, 3.05) is 7.15 Å². The Morgan fingerprint density at radius 3 is 1.33 bits per heavy atom. The standard InChI is InChI=1S/C42H23N3O.C22H13N.C20H11ClN2O.CH3F/c1-2-12-26-25(11-1)27-14-7-10-24-22-23-34-40(37(24)27)39-28(26)15-8-19-33(39)45(34)42-41(43-31-17-4-5-18-32(31)44-42)30-16-9-21-36-38(30)29-13-3-6-20-35(29)46-36;1-2-7-15-14(6-1)16-8-3-5-13-11-12-19-22(20(13)16)21-17(15)9-4-10-18(21)23-19;21-20-19(22-14-8-2-3-9-15(14)23-20)13-7-5-11-17-18(13)12-6-1-4-10-16(12)24-17;1-2/h1-23H;1-12,23H;1-11H;1H3/i;;;1D. The van der Waals surface area contributed by atoms with E-state index in [0.29, 0.717) is 10.8 Å². The second-order valence-electron chi connectivity index (χ2n) is 24.0. The first-order valence-electron chi connectivity index (χ1n) is 32.2. The van der Waals surface area contributed by atoms with Crippen LogP contribution in [0.1, 0.15) is 1.37 Å². The number of benzene rings is 14. The van der Waals surface area contributed by atoms with E-state index >= 15 is 0 Å². The van der Waals surface area contributed by atoms with E-state index in [1.54, 1.807) is 0 Å². The van der Waals surface area contributed by atoms with E-state index in [1.165, 1.54) is 98.6 Å². The number of aromatic amines is 1. The van der Waals surface area contributed by atoms with Gasteiger partial charge in [0.25, 0.3) is 0 Å². The van der Waals surface area contributed by atoms with Gasteiger partial charge in [0.2, 0.25) is 0 Å². The maximum absolute atomic E-state index is 9.96. The number of nitrogens with zero attached hydrogens (tertiary/aromatic N) is 5. The van der Waals surface area contributed by atoms with E-state index < -0.39 is 7.15 Å². The van der Waals surface area contributed by atoms with Crippen molar-refractivity contribution in [3.63, 3.8) is 0 Å². The molecule has 22 rings (SSSR count). The molecule has 0 fully saturated rings. The highest BCUT2D eigenvalue weighted by Gasteiger charge is 2.29. The molecule has 14 aromatic carbocycles. The Hall–Kier alpha value is -12.3. The molecule has 6 heterocycles. The van der Waals surface area contributed by atoms with Crippen LogP contribution in [0.5, 0.6) is 0 Å². The lowest BCUT2D eigenvalue weighted by Crippen LogP contribution is -2.04. The van der Waals surface area contributed by atoms with Crippen LogP contribution in [0.25, 0.3) is 204 Å². The quantitative estimate of drug-likeness (QED) is 0.189. The summed E-state index contributed by atoms with van der Waals surface area (Å²) in [5.74, 6) is 0.805. The van der Waals surface area contributed by atoms with Gasteiger partial charge in [0, 0.05) is 65.3 Å². The predicted octanol–water partition coefficient (Wildman–Crippen LogP) is 23.7. The third kappa shape index (κ3) is 8.19. The minimum atomic E-state index is -1.00. The van der Waals surface area contributed by atoms with E-state index in [2.05, 4.69) is 190 Å². The molecule has 1 N–H and O–H groups in total. The Bertz CT molecular complexity index is 6620. The fourth-order valence-electron chi connectivity index (χ4n) is 15.2. The summed E-state index contributed by atoms with van der Waals surface area (Å²) >= 11 is 6.45. The summed E-state index contributed by atoms with van der Waals surface area (Å²) in [6.45, 7) is 0. The molecular formula is C85H50ClFN6O2. The average Bonchev–Trinajstić information content (AvgIpc) is 1.55. The summed E-state index contributed by atoms with van der Waals surface area (Å²) in [5, 5.41) is 15.0. The number of fused-ring (bicyclic) bond motifs is 14. The Balaban J connectivity index is 0.000000109. The average molecular weight is 1240 g/mol. The van der Waals surface area contributed by atoms with Crippen LogP contribution in [0.2, 0.25) is 5.15 Å². The van der Waals surface area contributed by atoms with Crippen LogP contribution < -0.4 is 0 Å². The van der Waals surface area contributed by atoms with Crippen LogP contribution >= 0.6 is 11.6 Å². The first-order chi connectivity index (χ1) is 47.5. The van der Waals surface area contributed by atoms with Gasteiger partial charge in [-0.25, -0.2) is 19.9 Å². The number of alkyl halides is 1. The molecular weight excluding hydrogens is 1190 g/mol. The summed E-state index contributed by atoms with van der Waals surface area (Å²) in [6.07, 6.45) is 0. The van der Waals surface area contributed by atoms with Crippen LogP contribution in [0.3, 0.4) is 0 Å². The molecule has 0 unspecified atom stereocenters. The molecule has 446 valence electrons. The molecule has 0 amide bonds. The molecule has 0 spiro atoms. The Morgan fingerprint density at radius 1 is 0.326 bits per heavy atom. The van der Waals surface area contributed by atoms with Crippen LogP contribution in [0, 0.1) is 0 Å². The molecule has 0 saturated heterocycles. The molecule has 95 heavy (non-hydrogen) atoms. The third-order valence-corrected chi connectivity index (χ3v) is 19.3. The van der Waals surface area contributed by atoms with E-state index in [4.69, 9.17) is 36.8 Å². The summed E-state index contributed by atoms with van der Waals surface area (Å²) in [5.41, 5.74) is 25.1. The van der Waals surface area contributed by atoms with Gasteiger partial charge in [-0.15, -0.1) is 0 Å². The van der Waals surface area contributed by atoms with Gasteiger partial charge >= 0.3 is 0 Å². The molecule has 0 atom stereocenters. The molecule has 20 aromatic rings. The van der Waals surface area contributed by atoms with Crippen molar-refractivity contribution in [1.82, 2.24) is 29.5 Å². The normalized spacial score (nSPS) is 12.1. The van der Waals surface area contributed by atoms with Gasteiger partial charge in [-0.2, -0.15) is 0 Å². The molecule has 0 bridgehead atoms. The molecule has 0 radical (unpaired) electrons. The van der Waals surface area contributed by atoms with Gasteiger partial charge in [0.05, 0.1) is 41.6 Å². The number of halogens is 2. The monoisotopic (exact) mass is 1240 g/mol. The van der Waals surface area contributed by atoms with E-state index in [0.717, 1.165) is 99.6 Å². The maximum atomic E-state index is 9.96. The molecule has 0 aliphatic heterocycles. The number of para-hydroxylation sites is 6. The zero-order valence-electron chi connectivity index (χ0n) is 51.6. The minimum absolute atomic E-state index is 0.395. The van der Waals surface area contributed by atoms with Crippen molar-refractivity contribution in [2.24, 2.45) is 0 Å². The van der Waals surface area contributed by atoms with Crippen LogP contribution in [-0.4, -0.2) is 36.6 Å². The predicted molar refractivity (Wildman–Crippen MR) is 391 cm³/mol. The number of hydrogen-bond acceptors (Lipinski definition) is 6. The van der Waals surface area contributed by atoms with Crippen molar-refractivity contribution in [3.05, 3.63) is 284 Å². The van der Waals surface area contributed by atoms with Crippen molar-refractivity contribution >= 4 is 143 Å². The van der Waals surface area contributed by atoms with Gasteiger partial charge in [-0.3, -0.25) is 8.96 Å². The molecule has 0 saturated carbocycles. The summed E-state index contributed by atoms with van der Waals surface area (Å²) in [7, 11) is -1.00. The molecule has 6 aromatic heterocycles. The maximum Gasteiger partial charge on any atom is 0.165 e. The lowest BCUT2D eigenvalue weighted by atomic mass is 9.93.